The van der Waals surface area contributed by atoms with Gasteiger partial charge in [-0.1, -0.05) is 0 Å². The number of carbonyl (C=O) groups excluding carboxylic acids is 1. The number of hydrogen-bond acceptors (Lipinski definition) is 5. The minimum Gasteiger partial charge on any atom is -0.351 e. The molecule has 5 rings (SSSR count). The lowest BCUT2D eigenvalue weighted by atomic mass is 10.1. The molecule has 0 unspecified atom stereocenters. The van der Waals surface area contributed by atoms with Crippen molar-refractivity contribution in [3.05, 3.63) is 42.9 Å². The molecule has 0 spiro atoms. The number of H-pyrrole nitrogens is 1. The fourth-order valence-corrected chi connectivity index (χ4v) is 3.85. The van der Waals surface area contributed by atoms with Crippen molar-refractivity contribution in [3.63, 3.8) is 0 Å². The van der Waals surface area contributed by atoms with E-state index in [0.29, 0.717) is 17.2 Å². The van der Waals surface area contributed by atoms with Crippen molar-refractivity contribution in [1.82, 2.24) is 29.2 Å². The Morgan fingerprint density at radius 2 is 2.07 bits per heavy atom. The van der Waals surface area contributed by atoms with Gasteiger partial charge in [0.05, 0.1) is 6.20 Å². The predicted octanol–water partition coefficient (Wildman–Crippen LogP) is 2.83. The van der Waals surface area contributed by atoms with Gasteiger partial charge in [0.25, 0.3) is 0 Å². The Labute approximate surface area is 165 Å². The highest BCUT2D eigenvalue weighted by Gasteiger charge is 2.21. The molecule has 1 aliphatic rings. The normalized spacial score (nSPS) is 15.3. The Bertz CT molecular complexity index is 1210. The van der Waals surface area contributed by atoms with Crippen molar-refractivity contribution in [2.75, 3.05) is 18.4 Å². The summed E-state index contributed by atoms with van der Waals surface area (Å²) in [5.41, 5.74) is 3.02. The number of piperidine rings is 1. The Morgan fingerprint density at radius 3 is 2.86 bits per heavy atom. The SMILES string of the molecule is CC(=O)N1CCC(Nc2ncc3c(-c4ccc5ncc(F)n5c4)c[nH]c3n2)CC1. The van der Waals surface area contributed by atoms with Crippen LogP contribution in [0.15, 0.2) is 36.9 Å². The average Bonchev–Trinajstić information content (AvgIpc) is 3.31. The maximum atomic E-state index is 13.9. The Balaban J connectivity index is 1.38. The molecule has 0 bridgehead atoms. The van der Waals surface area contributed by atoms with Crippen molar-refractivity contribution in [3.8, 4) is 11.1 Å². The van der Waals surface area contributed by atoms with Crippen LogP contribution >= 0.6 is 0 Å². The van der Waals surface area contributed by atoms with Gasteiger partial charge in [-0.15, -0.1) is 0 Å². The smallest absolute Gasteiger partial charge is 0.224 e. The molecule has 9 heteroatoms. The van der Waals surface area contributed by atoms with Crippen LogP contribution in [0.4, 0.5) is 10.3 Å². The van der Waals surface area contributed by atoms with Crippen LogP contribution < -0.4 is 5.32 Å². The number of nitrogens with one attached hydrogen (secondary N) is 2. The number of amides is 1. The van der Waals surface area contributed by atoms with Crippen LogP contribution in [0.1, 0.15) is 19.8 Å². The average molecular weight is 393 g/mol. The number of halogens is 1. The molecule has 5 heterocycles. The third-order valence-corrected chi connectivity index (χ3v) is 5.48. The van der Waals surface area contributed by atoms with Gasteiger partial charge in [0, 0.05) is 61.2 Å². The van der Waals surface area contributed by atoms with Crippen LogP contribution in [0.2, 0.25) is 0 Å². The summed E-state index contributed by atoms with van der Waals surface area (Å²) in [5.74, 6) is 0.275. The fourth-order valence-electron chi connectivity index (χ4n) is 3.85. The van der Waals surface area contributed by atoms with E-state index in [1.165, 1.54) is 10.6 Å². The molecule has 8 nitrogen and oxygen atoms in total. The number of likely N-dealkylation sites (tertiary alicyclic amines) is 1. The number of anilines is 1. The topological polar surface area (TPSA) is 91.2 Å². The first-order valence-electron chi connectivity index (χ1n) is 9.57. The number of aromatic nitrogens is 5. The molecule has 4 aromatic heterocycles. The molecule has 29 heavy (non-hydrogen) atoms. The minimum atomic E-state index is -0.403. The number of nitrogens with zero attached hydrogens (tertiary/aromatic N) is 5. The Kier molecular flexibility index (Phi) is 4.15. The lowest BCUT2D eigenvalue weighted by molar-refractivity contribution is -0.129. The van der Waals surface area contributed by atoms with Crippen LogP contribution in [0.25, 0.3) is 27.8 Å². The molecular weight excluding hydrogens is 373 g/mol. The highest BCUT2D eigenvalue weighted by molar-refractivity contribution is 5.93. The van der Waals surface area contributed by atoms with Crippen molar-refractivity contribution >= 4 is 28.5 Å². The van der Waals surface area contributed by atoms with Gasteiger partial charge in [0.1, 0.15) is 11.3 Å². The first-order valence-corrected chi connectivity index (χ1v) is 9.57. The molecule has 0 saturated carbocycles. The van der Waals surface area contributed by atoms with Crippen LogP contribution in [-0.4, -0.2) is 54.3 Å². The number of aromatic amines is 1. The number of imidazole rings is 1. The van der Waals surface area contributed by atoms with Crippen LogP contribution in [0, 0.1) is 5.95 Å². The lowest BCUT2D eigenvalue weighted by Gasteiger charge is -2.31. The van der Waals surface area contributed by atoms with E-state index in [1.807, 2.05) is 17.2 Å². The monoisotopic (exact) mass is 393 g/mol. The van der Waals surface area contributed by atoms with Crippen molar-refractivity contribution in [1.29, 1.82) is 0 Å². The second kappa shape index (κ2) is 6.84. The highest BCUT2D eigenvalue weighted by Crippen LogP contribution is 2.28. The van der Waals surface area contributed by atoms with Crippen LogP contribution in [0.3, 0.4) is 0 Å². The zero-order chi connectivity index (χ0) is 20.0. The van der Waals surface area contributed by atoms with Crippen molar-refractivity contribution in [2.45, 2.75) is 25.8 Å². The number of pyridine rings is 1. The molecule has 1 saturated heterocycles. The zero-order valence-corrected chi connectivity index (χ0v) is 15.9. The Hall–Kier alpha value is -3.49. The predicted molar refractivity (Wildman–Crippen MR) is 107 cm³/mol. The zero-order valence-electron chi connectivity index (χ0n) is 15.9. The van der Waals surface area contributed by atoms with Gasteiger partial charge in [0.15, 0.2) is 0 Å². The van der Waals surface area contributed by atoms with E-state index in [9.17, 15) is 9.18 Å². The highest BCUT2D eigenvalue weighted by atomic mass is 19.1. The van der Waals surface area contributed by atoms with Crippen molar-refractivity contribution in [2.24, 2.45) is 0 Å². The summed E-state index contributed by atoms with van der Waals surface area (Å²) in [7, 11) is 0. The van der Waals surface area contributed by atoms with E-state index < -0.39 is 5.95 Å². The first kappa shape index (κ1) is 17.6. The second-order valence-corrected chi connectivity index (χ2v) is 7.31. The maximum Gasteiger partial charge on any atom is 0.224 e. The van der Waals surface area contributed by atoms with E-state index in [2.05, 4.69) is 25.3 Å². The minimum absolute atomic E-state index is 0.119. The number of rotatable bonds is 3. The summed E-state index contributed by atoms with van der Waals surface area (Å²) in [5, 5.41) is 4.23. The first-order chi connectivity index (χ1) is 14.1. The van der Waals surface area contributed by atoms with Crippen molar-refractivity contribution < 1.29 is 9.18 Å². The van der Waals surface area contributed by atoms with Gasteiger partial charge < -0.3 is 15.2 Å². The third kappa shape index (κ3) is 3.18. The lowest BCUT2D eigenvalue weighted by Crippen LogP contribution is -2.41. The molecule has 148 valence electrons. The quantitative estimate of drug-likeness (QED) is 0.559. The summed E-state index contributed by atoms with van der Waals surface area (Å²) in [6.45, 7) is 3.09. The molecule has 4 aromatic rings. The molecule has 0 aliphatic carbocycles. The van der Waals surface area contributed by atoms with E-state index >= 15 is 0 Å². The molecule has 1 aliphatic heterocycles. The number of hydrogen-bond donors (Lipinski definition) is 2. The summed E-state index contributed by atoms with van der Waals surface area (Å²) in [6.07, 6.45) is 8.28. The summed E-state index contributed by atoms with van der Waals surface area (Å²) < 4.78 is 15.3. The van der Waals surface area contributed by atoms with Gasteiger partial charge in [-0.3, -0.25) is 9.20 Å². The van der Waals surface area contributed by atoms with Gasteiger partial charge >= 0.3 is 0 Å². The van der Waals surface area contributed by atoms with E-state index in [0.717, 1.165) is 42.4 Å². The molecule has 0 radical (unpaired) electrons. The number of fused-ring (bicyclic) bond motifs is 2. The summed E-state index contributed by atoms with van der Waals surface area (Å²) in [4.78, 5) is 29.6. The Morgan fingerprint density at radius 1 is 1.24 bits per heavy atom. The molecule has 0 atom stereocenters. The largest absolute Gasteiger partial charge is 0.351 e. The number of carbonyl (C=O) groups is 1. The van der Waals surface area contributed by atoms with Gasteiger partial charge in [0.2, 0.25) is 17.8 Å². The summed E-state index contributed by atoms with van der Waals surface area (Å²) >= 11 is 0. The molecule has 0 aromatic carbocycles. The van der Waals surface area contributed by atoms with Gasteiger partial charge in [-0.05, 0) is 25.0 Å². The fraction of sp³-hybridized carbons (Fsp3) is 0.300. The molecule has 1 amide bonds. The van der Waals surface area contributed by atoms with Crippen LogP contribution in [0.5, 0.6) is 0 Å². The van der Waals surface area contributed by atoms with E-state index in [1.54, 1.807) is 25.4 Å². The maximum absolute atomic E-state index is 13.9. The van der Waals surface area contributed by atoms with E-state index in [4.69, 9.17) is 0 Å². The van der Waals surface area contributed by atoms with E-state index in [-0.39, 0.29) is 11.9 Å². The van der Waals surface area contributed by atoms with Gasteiger partial charge in [-0.25, -0.2) is 9.97 Å². The molecule has 2 N–H and O–H groups in total. The standard InChI is InChI=1S/C20H20FN7O/c1-12(29)27-6-4-14(5-7-27)25-20-24-9-16-15(8-23-19(16)26-20)13-2-3-18-22-10-17(21)28(18)11-13/h2-3,8-11,14H,4-7H2,1H3,(H2,23,24,25,26). The van der Waals surface area contributed by atoms with Crippen LogP contribution in [-0.2, 0) is 4.79 Å². The second-order valence-electron chi connectivity index (χ2n) is 7.31. The van der Waals surface area contributed by atoms with Gasteiger partial charge in [-0.2, -0.15) is 9.37 Å². The molecular formula is C20H20FN7O. The summed E-state index contributed by atoms with van der Waals surface area (Å²) in [6, 6.07) is 3.92. The third-order valence-electron chi connectivity index (χ3n) is 5.48. The molecule has 1 fully saturated rings.